The van der Waals surface area contributed by atoms with Crippen molar-refractivity contribution >= 4 is 11.7 Å². The van der Waals surface area contributed by atoms with E-state index in [2.05, 4.69) is 9.88 Å². The molecule has 0 aromatic carbocycles. The van der Waals surface area contributed by atoms with E-state index in [1.807, 2.05) is 6.92 Å². The Morgan fingerprint density at radius 2 is 2.44 bits per heavy atom. The zero-order chi connectivity index (χ0) is 13.1. The highest BCUT2D eigenvalue weighted by Crippen LogP contribution is 2.19. The van der Waals surface area contributed by atoms with Crippen molar-refractivity contribution in [3.05, 3.63) is 24.1 Å². The van der Waals surface area contributed by atoms with Crippen molar-refractivity contribution < 1.29 is 9.18 Å². The Morgan fingerprint density at radius 3 is 3.06 bits per heavy atom. The quantitative estimate of drug-likeness (QED) is 0.493. The largest absolute Gasteiger partial charge is 0.292 e. The summed E-state index contributed by atoms with van der Waals surface area (Å²) in [6.45, 7) is 3.75. The van der Waals surface area contributed by atoms with Crippen LogP contribution in [0.15, 0.2) is 18.3 Å². The number of hydrogen-bond donors (Lipinski definition) is 1. The second-order valence-electron chi connectivity index (χ2n) is 4.33. The van der Waals surface area contributed by atoms with Crippen LogP contribution in [0.3, 0.4) is 0 Å². The number of carbonyl (C=O) groups is 1. The molecule has 1 atom stereocenters. The van der Waals surface area contributed by atoms with Crippen LogP contribution in [-0.2, 0) is 4.79 Å². The highest BCUT2D eigenvalue weighted by molar-refractivity contribution is 5.95. The molecular weight excluding hydrogens is 235 g/mol. The SMILES string of the molecule is CCN1CCC[C@H]1C(=O)N(N)c1ccc(F)cn1. The third-order valence-electron chi connectivity index (χ3n) is 3.25. The minimum Gasteiger partial charge on any atom is -0.292 e. The van der Waals surface area contributed by atoms with E-state index in [0.29, 0.717) is 0 Å². The van der Waals surface area contributed by atoms with E-state index in [1.54, 1.807) is 0 Å². The van der Waals surface area contributed by atoms with Gasteiger partial charge in [-0.05, 0) is 38.1 Å². The van der Waals surface area contributed by atoms with Crippen LogP contribution in [0.1, 0.15) is 19.8 Å². The summed E-state index contributed by atoms with van der Waals surface area (Å²) in [5, 5.41) is 1.01. The van der Waals surface area contributed by atoms with Crippen LogP contribution >= 0.6 is 0 Å². The average Bonchev–Trinajstić information content (AvgIpc) is 2.86. The van der Waals surface area contributed by atoms with E-state index in [-0.39, 0.29) is 17.8 Å². The molecule has 2 heterocycles. The van der Waals surface area contributed by atoms with Gasteiger partial charge in [-0.1, -0.05) is 6.92 Å². The number of carbonyl (C=O) groups excluding carboxylic acids is 1. The summed E-state index contributed by atoms with van der Waals surface area (Å²) in [6.07, 6.45) is 2.85. The molecule has 0 aliphatic carbocycles. The average molecular weight is 252 g/mol. The van der Waals surface area contributed by atoms with Crippen LogP contribution in [0.25, 0.3) is 0 Å². The Morgan fingerprint density at radius 1 is 1.67 bits per heavy atom. The minimum atomic E-state index is -0.448. The summed E-state index contributed by atoms with van der Waals surface area (Å²) in [7, 11) is 0. The molecule has 1 saturated heterocycles. The molecule has 1 aliphatic heterocycles. The summed E-state index contributed by atoms with van der Waals surface area (Å²) >= 11 is 0. The first-order chi connectivity index (χ1) is 8.63. The number of nitrogens with two attached hydrogens (primary N) is 1. The van der Waals surface area contributed by atoms with Crippen molar-refractivity contribution in [2.45, 2.75) is 25.8 Å². The fraction of sp³-hybridized carbons (Fsp3) is 0.500. The van der Waals surface area contributed by atoms with Gasteiger partial charge in [0.1, 0.15) is 11.6 Å². The van der Waals surface area contributed by atoms with E-state index in [1.165, 1.54) is 12.1 Å². The van der Waals surface area contributed by atoms with Gasteiger partial charge in [0.05, 0.1) is 12.2 Å². The summed E-state index contributed by atoms with van der Waals surface area (Å²) < 4.78 is 12.8. The standard InChI is InChI=1S/C12H17FN4O/c1-2-16-7-3-4-10(16)12(18)17(14)11-6-5-9(13)8-15-11/h5-6,8,10H,2-4,7,14H2,1H3/t10-/m0/s1. The number of anilines is 1. The van der Waals surface area contributed by atoms with Crippen molar-refractivity contribution in [3.63, 3.8) is 0 Å². The molecule has 1 aromatic rings. The molecular formula is C12H17FN4O. The molecule has 0 bridgehead atoms. The lowest BCUT2D eigenvalue weighted by atomic mass is 10.2. The first-order valence-electron chi connectivity index (χ1n) is 6.07. The Labute approximate surface area is 105 Å². The lowest BCUT2D eigenvalue weighted by Crippen LogP contribution is -2.49. The van der Waals surface area contributed by atoms with Gasteiger partial charge < -0.3 is 0 Å². The van der Waals surface area contributed by atoms with E-state index in [0.717, 1.165) is 37.1 Å². The smallest absolute Gasteiger partial charge is 0.259 e. The van der Waals surface area contributed by atoms with E-state index >= 15 is 0 Å². The molecule has 2 rings (SSSR count). The van der Waals surface area contributed by atoms with Crippen molar-refractivity contribution in [3.8, 4) is 0 Å². The number of pyridine rings is 1. The Bertz CT molecular complexity index is 423. The minimum absolute atomic E-state index is 0.187. The number of hydrazine groups is 1. The number of rotatable bonds is 3. The van der Waals surface area contributed by atoms with Crippen molar-refractivity contribution in [1.82, 2.24) is 9.88 Å². The van der Waals surface area contributed by atoms with Gasteiger partial charge in [-0.15, -0.1) is 0 Å². The van der Waals surface area contributed by atoms with Gasteiger partial charge in [0, 0.05) is 0 Å². The monoisotopic (exact) mass is 252 g/mol. The maximum atomic E-state index is 12.8. The second kappa shape index (κ2) is 5.41. The fourth-order valence-corrected chi connectivity index (χ4v) is 2.27. The number of halogens is 1. The summed E-state index contributed by atoms with van der Waals surface area (Å²) in [4.78, 5) is 18.1. The number of aromatic nitrogens is 1. The van der Waals surface area contributed by atoms with Gasteiger partial charge in [0.15, 0.2) is 0 Å². The molecule has 0 radical (unpaired) electrons. The van der Waals surface area contributed by atoms with Gasteiger partial charge in [-0.25, -0.2) is 20.2 Å². The van der Waals surface area contributed by atoms with Crippen molar-refractivity contribution in [1.29, 1.82) is 0 Å². The van der Waals surface area contributed by atoms with Crippen LogP contribution in [-0.4, -0.2) is 34.9 Å². The number of likely N-dealkylation sites (tertiary alicyclic amines) is 1. The molecule has 1 amide bonds. The van der Waals surface area contributed by atoms with Crippen LogP contribution in [0.2, 0.25) is 0 Å². The maximum Gasteiger partial charge on any atom is 0.259 e. The Balaban J connectivity index is 2.11. The zero-order valence-corrected chi connectivity index (χ0v) is 10.3. The zero-order valence-electron chi connectivity index (χ0n) is 10.3. The third kappa shape index (κ3) is 2.49. The number of amides is 1. The van der Waals surface area contributed by atoms with E-state index < -0.39 is 5.82 Å². The van der Waals surface area contributed by atoms with Crippen LogP contribution < -0.4 is 10.9 Å². The van der Waals surface area contributed by atoms with E-state index in [4.69, 9.17) is 5.84 Å². The predicted octanol–water partition coefficient (Wildman–Crippen LogP) is 0.912. The molecule has 0 unspecified atom stereocenters. The highest BCUT2D eigenvalue weighted by atomic mass is 19.1. The Hall–Kier alpha value is -1.53. The molecule has 5 nitrogen and oxygen atoms in total. The second-order valence-corrected chi connectivity index (χ2v) is 4.33. The molecule has 1 aromatic heterocycles. The van der Waals surface area contributed by atoms with Gasteiger partial charge in [0.25, 0.3) is 5.91 Å². The first-order valence-corrected chi connectivity index (χ1v) is 6.07. The molecule has 1 fully saturated rings. The van der Waals surface area contributed by atoms with Crippen LogP contribution in [0, 0.1) is 5.82 Å². The molecule has 1 aliphatic rings. The lowest BCUT2D eigenvalue weighted by Gasteiger charge is -2.25. The third-order valence-corrected chi connectivity index (χ3v) is 3.25. The normalized spacial score (nSPS) is 20.1. The number of hydrogen-bond acceptors (Lipinski definition) is 4. The van der Waals surface area contributed by atoms with Crippen molar-refractivity contribution in [2.75, 3.05) is 18.1 Å². The van der Waals surface area contributed by atoms with Crippen molar-refractivity contribution in [2.24, 2.45) is 5.84 Å². The topological polar surface area (TPSA) is 62.5 Å². The van der Waals surface area contributed by atoms with E-state index in [9.17, 15) is 9.18 Å². The lowest BCUT2D eigenvalue weighted by molar-refractivity contribution is -0.122. The highest BCUT2D eigenvalue weighted by Gasteiger charge is 2.32. The number of likely N-dealkylation sites (N-methyl/N-ethyl adjacent to an activating group) is 1. The first kappa shape index (κ1) is 12.9. The summed E-state index contributed by atoms with van der Waals surface area (Å²) in [6, 6.07) is 2.45. The fourth-order valence-electron chi connectivity index (χ4n) is 2.27. The summed E-state index contributed by atoms with van der Waals surface area (Å²) in [5.41, 5.74) is 0. The molecule has 0 spiro atoms. The maximum absolute atomic E-state index is 12.8. The van der Waals surface area contributed by atoms with Gasteiger partial charge in [0.2, 0.25) is 0 Å². The number of nitrogens with zero attached hydrogens (tertiary/aromatic N) is 3. The van der Waals surface area contributed by atoms with Gasteiger partial charge in [-0.3, -0.25) is 9.69 Å². The molecule has 98 valence electrons. The Kier molecular flexibility index (Phi) is 3.88. The van der Waals surface area contributed by atoms with Gasteiger partial charge >= 0.3 is 0 Å². The van der Waals surface area contributed by atoms with Gasteiger partial charge in [-0.2, -0.15) is 0 Å². The summed E-state index contributed by atoms with van der Waals surface area (Å²) in [5.74, 6) is 5.39. The molecule has 2 N–H and O–H groups in total. The van der Waals surface area contributed by atoms with Crippen LogP contribution in [0.4, 0.5) is 10.2 Å². The molecule has 18 heavy (non-hydrogen) atoms. The van der Waals surface area contributed by atoms with Crippen LogP contribution in [0.5, 0.6) is 0 Å². The molecule has 6 heteroatoms. The molecule has 0 saturated carbocycles. The predicted molar refractivity (Wildman–Crippen MR) is 66.1 cm³/mol.